The number of rotatable bonds is 37. The fourth-order valence-corrected chi connectivity index (χ4v) is 7.64. The van der Waals surface area contributed by atoms with Gasteiger partial charge < -0.3 is 19.7 Å². The van der Waals surface area contributed by atoms with Gasteiger partial charge in [-0.3, -0.25) is 29.4 Å². The van der Waals surface area contributed by atoms with E-state index in [2.05, 4.69) is 0 Å². The van der Waals surface area contributed by atoms with Crippen molar-refractivity contribution in [2.24, 2.45) is 22.7 Å². The van der Waals surface area contributed by atoms with Gasteiger partial charge in [0.1, 0.15) is 0 Å². The van der Waals surface area contributed by atoms with Gasteiger partial charge in [0.15, 0.2) is 5.90 Å². The Hall–Kier alpha value is -2.78. The van der Waals surface area contributed by atoms with E-state index in [1.807, 2.05) is 41.5 Å². The molecule has 0 rings (SSSR count). The molecule has 58 heavy (non-hydrogen) atoms. The largest absolute Gasteiger partial charge is 0.481 e. The van der Waals surface area contributed by atoms with Crippen LogP contribution < -0.4 is 0 Å². The Balaban J connectivity index is 4.27. The van der Waals surface area contributed by atoms with Crippen LogP contribution in [0, 0.1) is 28.1 Å². The normalized spacial score (nSPS) is 12.9. The second-order valence-corrected chi connectivity index (χ2v) is 19.0. The summed E-state index contributed by atoms with van der Waals surface area (Å²) in [6, 6.07) is 0. The Kier molecular flexibility index (Phi) is 32.4. The molecule has 0 heterocycles. The Labute approximate surface area is 353 Å². The second kappa shape index (κ2) is 34.0. The molecule has 0 saturated carbocycles. The predicted molar refractivity (Wildman–Crippen MR) is 234 cm³/mol. The summed E-state index contributed by atoms with van der Waals surface area (Å²) in [4.78, 5) is 60.0. The number of carbonyl (C=O) groups is 5. The van der Waals surface area contributed by atoms with Gasteiger partial charge in [-0.2, -0.15) is 0 Å². The number of hydrogen-bond donors (Lipinski definition) is 3. The van der Waals surface area contributed by atoms with Gasteiger partial charge in [-0.15, -0.1) is 0 Å². The van der Waals surface area contributed by atoms with Crippen LogP contribution in [-0.2, 0) is 33.4 Å². The maximum atomic E-state index is 13.1. The van der Waals surface area contributed by atoms with Crippen molar-refractivity contribution in [3.63, 3.8) is 0 Å². The fourth-order valence-electron chi connectivity index (χ4n) is 7.64. The lowest BCUT2D eigenvalue weighted by atomic mass is 9.77. The molecule has 0 saturated heterocycles. The van der Waals surface area contributed by atoms with E-state index in [0.717, 1.165) is 77.0 Å². The molecule has 0 aromatic carbocycles. The van der Waals surface area contributed by atoms with Crippen LogP contribution in [0.4, 0.5) is 0 Å². The van der Waals surface area contributed by atoms with Gasteiger partial charge >= 0.3 is 29.8 Å². The van der Waals surface area contributed by atoms with E-state index < -0.39 is 35.8 Å². The van der Waals surface area contributed by atoms with Crippen LogP contribution in [0.5, 0.6) is 0 Å². The number of nitrogens with one attached hydrogen (secondary N) is 1. The summed E-state index contributed by atoms with van der Waals surface area (Å²) >= 11 is 0. The van der Waals surface area contributed by atoms with Crippen LogP contribution in [0.3, 0.4) is 0 Å². The summed E-state index contributed by atoms with van der Waals surface area (Å²) in [5.74, 6) is -4.10. The molecule has 0 spiro atoms. The topological polar surface area (TPSA) is 168 Å². The molecule has 2 unspecified atom stereocenters. The van der Waals surface area contributed by atoms with Gasteiger partial charge in [0.05, 0.1) is 18.3 Å². The molecule has 0 fully saturated rings. The number of unbranched alkanes of at least 4 members (excludes halogenated alkanes) is 24. The number of aliphatic carboxylic acids is 2. The Bertz CT molecular complexity index is 1050. The smallest absolute Gasteiger partial charge is 0.317 e. The van der Waals surface area contributed by atoms with Crippen LogP contribution in [0.15, 0.2) is 0 Å². The first-order chi connectivity index (χ1) is 27.4. The minimum Gasteiger partial charge on any atom is -0.481 e. The molecule has 0 aliphatic rings. The van der Waals surface area contributed by atoms with Gasteiger partial charge in [0, 0.05) is 19.3 Å². The van der Waals surface area contributed by atoms with E-state index in [0.29, 0.717) is 12.8 Å². The Morgan fingerprint density at radius 3 is 0.931 bits per heavy atom. The van der Waals surface area contributed by atoms with Crippen LogP contribution in [0.2, 0.25) is 0 Å². The summed E-state index contributed by atoms with van der Waals surface area (Å²) < 4.78 is 10.7. The zero-order valence-electron chi connectivity index (χ0n) is 38.0. The number of hydrogen-bond acceptors (Lipinski definition) is 8. The van der Waals surface area contributed by atoms with Crippen molar-refractivity contribution in [2.45, 2.75) is 247 Å². The average molecular weight is 822 g/mol. The molecular formula is C48H87NO9. The van der Waals surface area contributed by atoms with Gasteiger partial charge in [-0.25, -0.2) is 0 Å². The van der Waals surface area contributed by atoms with Crippen molar-refractivity contribution >= 4 is 35.7 Å². The van der Waals surface area contributed by atoms with Gasteiger partial charge in [0.25, 0.3) is 0 Å². The number of esters is 3. The third-order valence-corrected chi connectivity index (χ3v) is 11.4. The highest BCUT2D eigenvalue weighted by atomic mass is 16.6. The molecule has 2 atom stereocenters. The Morgan fingerprint density at radius 1 is 0.397 bits per heavy atom. The molecular weight excluding hydrogens is 735 g/mol. The van der Waals surface area contributed by atoms with E-state index in [-0.39, 0.29) is 48.3 Å². The molecule has 0 amide bonds. The SMILES string of the molecule is CC(C)(C)C(CCCCCCCCCCCCCCCC(=O)O)C(=O)OC(=N)CCC(=O)OC(=O)C(CCCCCCCCCCCCCCCC(=O)O)C(C)(C)C. The maximum absolute atomic E-state index is 13.1. The highest BCUT2D eigenvalue weighted by molar-refractivity contribution is 5.92. The van der Waals surface area contributed by atoms with Crippen LogP contribution >= 0.6 is 0 Å². The van der Waals surface area contributed by atoms with Crippen LogP contribution in [-0.4, -0.2) is 46.0 Å². The molecule has 0 aliphatic carbocycles. The third-order valence-electron chi connectivity index (χ3n) is 11.4. The standard InChI is InChI=1S/C48H87NO9/c1-47(2,3)39(33-29-25-21-17-13-9-7-11-15-19-23-27-31-35-42(50)51)45(55)57-41(49)37-38-44(54)58-46(56)40(48(4,5)6)34-30-26-22-18-14-10-8-12-16-20-24-28-32-36-43(52)53/h39-40,49H,7-38H2,1-6H3,(H,50,51)(H,52,53). The number of ether oxygens (including phenoxy) is 2. The minimum absolute atomic E-state index is 0.101. The summed E-state index contributed by atoms with van der Waals surface area (Å²) in [6.45, 7) is 12.0. The lowest BCUT2D eigenvalue weighted by Gasteiger charge is -2.29. The van der Waals surface area contributed by atoms with E-state index >= 15 is 0 Å². The van der Waals surface area contributed by atoms with Crippen molar-refractivity contribution in [1.29, 1.82) is 5.41 Å². The molecule has 3 N–H and O–H groups in total. The number of carboxylic acid groups (broad SMARTS) is 2. The lowest BCUT2D eigenvalue weighted by molar-refractivity contribution is -0.165. The zero-order valence-corrected chi connectivity index (χ0v) is 38.0. The molecule has 0 aromatic heterocycles. The molecule has 0 radical (unpaired) electrons. The summed E-state index contributed by atoms with van der Waals surface area (Å²) in [5, 5.41) is 25.6. The summed E-state index contributed by atoms with van der Waals surface area (Å²) in [7, 11) is 0. The van der Waals surface area contributed by atoms with Crippen molar-refractivity contribution in [2.75, 3.05) is 0 Å². The van der Waals surface area contributed by atoms with Crippen molar-refractivity contribution < 1.29 is 43.7 Å². The number of carboxylic acids is 2. The minimum atomic E-state index is -0.704. The van der Waals surface area contributed by atoms with Gasteiger partial charge in [-0.1, -0.05) is 196 Å². The highest BCUT2D eigenvalue weighted by Crippen LogP contribution is 2.33. The molecule has 338 valence electrons. The van der Waals surface area contributed by atoms with Crippen molar-refractivity contribution in [1.82, 2.24) is 0 Å². The van der Waals surface area contributed by atoms with Gasteiger partial charge in [0.2, 0.25) is 0 Å². The highest BCUT2D eigenvalue weighted by Gasteiger charge is 2.34. The van der Waals surface area contributed by atoms with E-state index in [9.17, 15) is 24.0 Å². The first-order valence-corrected chi connectivity index (χ1v) is 23.4. The van der Waals surface area contributed by atoms with E-state index in [1.54, 1.807) is 0 Å². The first-order valence-electron chi connectivity index (χ1n) is 23.4. The zero-order chi connectivity index (χ0) is 43.7. The lowest BCUT2D eigenvalue weighted by Crippen LogP contribution is -2.32. The third kappa shape index (κ3) is 33.1. The average Bonchev–Trinajstić information content (AvgIpc) is 3.12. The maximum Gasteiger partial charge on any atom is 0.317 e. The molecule has 0 aromatic rings. The summed E-state index contributed by atoms with van der Waals surface area (Å²) in [5.41, 5.74) is -0.680. The second-order valence-electron chi connectivity index (χ2n) is 19.0. The molecule has 10 heteroatoms. The first kappa shape index (κ1) is 55.2. The Morgan fingerprint density at radius 2 is 0.655 bits per heavy atom. The molecule has 0 aliphatic heterocycles. The van der Waals surface area contributed by atoms with Crippen molar-refractivity contribution in [3.8, 4) is 0 Å². The van der Waals surface area contributed by atoms with Crippen LogP contribution in [0.1, 0.15) is 247 Å². The van der Waals surface area contributed by atoms with E-state index in [1.165, 1.54) is 89.9 Å². The summed E-state index contributed by atoms with van der Waals surface area (Å²) in [6.07, 6.45) is 30.6. The van der Waals surface area contributed by atoms with Crippen molar-refractivity contribution in [3.05, 3.63) is 0 Å². The molecule has 0 bridgehead atoms. The monoisotopic (exact) mass is 822 g/mol. The quantitative estimate of drug-likeness (QED) is 0.0181. The predicted octanol–water partition coefficient (Wildman–Crippen LogP) is 13.6. The van der Waals surface area contributed by atoms with Gasteiger partial charge in [-0.05, 0) is 36.5 Å². The van der Waals surface area contributed by atoms with E-state index in [4.69, 9.17) is 25.1 Å². The molecule has 10 nitrogen and oxygen atoms in total. The van der Waals surface area contributed by atoms with Crippen LogP contribution in [0.25, 0.3) is 0 Å². The number of carbonyl (C=O) groups excluding carboxylic acids is 3. The fraction of sp³-hybridized carbons (Fsp3) is 0.875.